The van der Waals surface area contributed by atoms with Gasteiger partial charge in [-0.05, 0) is 42.7 Å². The van der Waals surface area contributed by atoms with Gasteiger partial charge in [0.25, 0.3) is 0 Å². The molecule has 140 valence electrons. The summed E-state index contributed by atoms with van der Waals surface area (Å²) in [6, 6.07) is 13.0. The number of hydrogen-bond acceptors (Lipinski definition) is 4. The maximum absolute atomic E-state index is 12.8. The second-order valence-corrected chi connectivity index (χ2v) is 8.36. The number of aldehydes is 1. The van der Waals surface area contributed by atoms with Crippen molar-refractivity contribution in [1.29, 1.82) is 0 Å². The van der Waals surface area contributed by atoms with Crippen molar-refractivity contribution in [3.8, 4) is 5.75 Å². The van der Waals surface area contributed by atoms with Crippen LogP contribution in [0.4, 0.5) is 0 Å². The first kappa shape index (κ1) is 20.1. The highest BCUT2D eigenvalue weighted by Gasteiger charge is 2.30. The molecule has 0 saturated heterocycles. The predicted octanol–water partition coefficient (Wildman–Crippen LogP) is 3.49. The topological polar surface area (TPSA) is 72.5 Å². The van der Waals surface area contributed by atoms with Crippen molar-refractivity contribution in [2.45, 2.75) is 31.7 Å². The van der Waals surface area contributed by atoms with Gasteiger partial charge >= 0.3 is 0 Å². The SMILES string of the molecule is COc1ccc([C@@H](NS(=O)(=O)c2ccc(C)cc2)[C@H](C=O)C(C)C)cc1. The Morgan fingerprint density at radius 3 is 2.04 bits per heavy atom. The molecule has 0 heterocycles. The third kappa shape index (κ3) is 4.71. The molecule has 2 aromatic rings. The molecule has 0 aliphatic rings. The van der Waals surface area contributed by atoms with Crippen LogP contribution >= 0.6 is 0 Å². The summed E-state index contributed by atoms with van der Waals surface area (Å²) in [6.45, 7) is 5.69. The normalized spacial score (nSPS) is 14.0. The third-order valence-corrected chi connectivity index (χ3v) is 5.86. The summed E-state index contributed by atoms with van der Waals surface area (Å²) in [4.78, 5) is 11.9. The smallest absolute Gasteiger partial charge is 0.241 e. The number of carbonyl (C=O) groups excluding carboxylic acids is 1. The molecule has 0 saturated carbocycles. The molecular formula is C20H25NO4S. The molecule has 5 nitrogen and oxygen atoms in total. The summed E-state index contributed by atoms with van der Waals surface area (Å²) < 4.78 is 33.6. The molecule has 0 radical (unpaired) electrons. The van der Waals surface area contributed by atoms with Crippen LogP contribution in [0.25, 0.3) is 0 Å². The van der Waals surface area contributed by atoms with Crippen LogP contribution in [-0.2, 0) is 14.8 Å². The zero-order valence-corrected chi connectivity index (χ0v) is 16.3. The lowest BCUT2D eigenvalue weighted by Gasteiger charge is -2.27. The van der Waals surface area contributed by atoms with E-state index < -0.39 is 22.0 Å². The zero-order chi connectivity index (χ0) is 19.3. The number of benzene rings is 2. The summed E-state index contributed by atoms with van der Waals surface area (Å²) in [7, 11) is -2.20. The highest BCUT2D eigenvalue weighted by atomic mass is 32.2. The number of hydrogen-bond donors (Lipinski definition) is 1. The van der Waals surface area contributed by atoms with Gasteiger partial charge in [0, 0.05) is 5.92 Å². The van der Waals surface area contributed by atoms with Crippen LogP contribution in [0, 0.1) is 18.8 Å². The number of ether oxygens (including phenoxy) is 1. The number of methoxy groups -OCH3 is 1. The van der Waals surface area contributed by atoms with Crippen molar-refractivity contribution in [3.05, 3.63) is 59.7 Å². The number of carbonyl (C=O) groups is 1. The Labute approximate surface area is 155 Å². The Morgan fingerprint density at radius 1 is 1.00 bits per heavy atom. The molecule has 0 spiro atoms. The second-order valence-electron chi connectivity index (χ2n) is 6.64. The monoisotopic (exact) mass is 375 g/mol. The van der Waals surface area contributed by atoms with E-state index in [0.29, 0.717) is 11.3 Å². The Balaban J connectivity index is 2.42. The largest absolute Gasteiger partial charge is 0.497 e. The first-order valence-corrected chi connectivity index (χ1v) is 9.95. The van der Waals surface area contributed by atoms with E-state index in [-0.39, 0.29) is 10.8 Å². The fraction of sp³-hybridized carbons (Fsp3) is 0.350. The molecule has 0 bridgehead atoms. The lowest BCUT2D eigenvalue weighted by molar-refractivity contribution is -0.113. The van der Waals surface area contributed by atoms with Gasteiger partial charge in [-0.1, -0.05) is 43.7 Å². The van der Waals surface area contributed by atoms with Crippen LogP contribution in [0.3, 0.4) is 0 Å². The molecule has 6 heteroatoms. The van der Waals surface area contributed by atoms with E-state index in [1.807, 2.05) is 20.8 Å². The van der Waals surface area contributed by atoms with E-state index in [4.69, 9.17) is 4.74 Å². The number of rotatable bonds is 8. The average molecular weight is 375 g/mol. The van der Waals surface area contributed by atoms with Crippen molar-refractivity contribution in [3.63, 3.8) is 0 Å². The number of aryl methyl sites for hydroxylation is 1. The summed E-state index contributed by atoms with van der Waals surface area (Å²) >= 11 is 0. The summed E-state index contributed by atoms with van der Waals surface area (Å²) in [5, 5.41) is 0. The molecule has 0 unspecified atom stereocenters. The third-order valence-electron chi connectivity index (χ3n) is 4.40. The summed E-state index contributed by atoms with van der Waals surface area (Å²) in [5.74, 6) is 0.144. The van der Waals surface area contributed by atoms with Gasteiger partial charge in [0.15, 0.2) is 0 Å². The van der Waals surface area contributed by atoms with Gasteiger partial charge in [-0.3, -0.25) is 0 Å². The fourth-order valence-electron chi connectivity index (χ4n) is 2.75. The van der Waals surface area contributed by atoms with Gasteiger partial charge in [-0.25, -0.2) is 13.1 Å². The first-order chi connectivity index (χ1) is 12.3. The fourth-order valence-corrected chi connectivity index (χ4v) is 4.01. The quantitative estimate of drug-likeness (QED) is 0.717. The maximum Gasteiger partial charge on any atom is 0.241 e. The van der Waals surface area contributed by atoms with Crippen molar-refractivity contribution < 1.29 is 17.9 Å². The van der Waals surface area contributed by atoms with Crippen molar-refractivity contribution in [2.24, 2.45) is 11.8 Å². The summed E-state index contributed by atoms with van der Waals surface area (Å²) in [5.41, 5.74) is 1.69. The molecule has 0 aliphatic heterocycles. The minimum Gasteiger partial charge on any atom is -0.497 e. The van der Waals surface area contributed by atoms with E-state index in [9.17, 15) is 13.2 Å². The Kier molecular flexibility index (Phi) is 6.56. The Morgan fingerprint density at radius 2 is 1.58 bits per heavy atom. The van der Waals surface area contributed by atoms with Gasteiger partial charge in [0.1, 0.15) is 12.0 Å². The lowest BCUT2D eigenvalue weighted by atomic mass is 9.86. The lowest BCUT2D eigenvalue weighted by Crippen LogP contribution is -2.36. The molecule has 0 fully saturated rings. The molecule has 2 rings (SSSR count). The highest BCUT2D eigenvalue weighted by Crippen LogP contribution is 2.30. The molecule has 0 aliphatic carbocycles. The van der Waals surface area contributed by atoms with Gasteiger partial charge in [0.05, 0.1) is 18.0 Å². The Bertz CT molecular complexity index is 827. The van der Waals surface area contributed by atoms with E-state index in [2.05, 4.69) is 4.72 Å². The van der Waals surface area contributed by atoms with E-state index in [0.717, 1.165) is 11.8 Å². The van der Waals surface area contributed by atoms with Gasteiger partial charge in [0.2, 0.25) is 10.0 Å². The predicted molar refractivity (Wildman–Crippen MR) is 102 cm³/mol. The molecule has 2 aromatic carbocycles. The molecule has 0 aromatic heterocycles. The molecule has 1 N–H and O–H groups in total. The van der Waals surface area contributed by atoms with Crippen LogP contribution in [0.2, 0.25) is 0 Å². The van der Waals surface area contributed by atoms with Crippen molar-refractivity contribution in [1.82, 2.24) is 4.72 Å². The molecular weight excluding hydrogens is 350 g/mol. The minimum absolute atomic E-state index is 0.0275. The van der Waals surface area contributed by atoms with Gasteiger partial charge in [-0.15, -0.1) is 0 Å². The maximum atomic E-state index is 12.8. The van der Waals surface area contributed by atoms with Crippen LogP contribution < -0.4 is 9.46 Å². The van der Waals surface area contributed by atoms with E-state index in [1.165, 1.54) is 0 Å². The molecule has 26 heavy (non-hydrogen) atoms. The minimum atomic E-state index is -3.77. The second kappa shape index (κ2) is 8.47. The highest BCUT2D eigenvalue weighted by molar-refractivity contribution is 7.89. The molecule has 2 atom stereocenters. The van der Waals surface area contributed by atoms with E-state index >= 15 is 0 Å². The molecule has 0 amide bonds. The van der Waals surface area contributed by atoms with Gasteiger partial charge < -0.3 is 9.53 Å². The van der Waals surface area contributed by atoms with E-state index in [1.54, 1.807) is 55.6 Å². The first-order valence-electron chi connectivity index (χ1n) is 8.46. The van der Waals surface area contributed by atoms with Crippen LogP contribution in [-0.4, -0.2) is 21.8 Å². The van der Waals surface area contributed by atoms with Crippen LogP contribution in [0.5, 0.6) is 5.75 Å². The number of sulfonamides is 1. The van der Waals surface area contributed by atoms with Crippen LogP contribution in [0.1, 0.15) is 31.0 Å². The Hall–Kier alpha value is -2.18. The average Bonchev–Trinajstić information content (AvgIpc) is 2.61. The van der Waals surface area contributed by atoms with Crippen molar-refractivity contribution >= 4 is 16.3 Å². The summed E-state index contributed by atoms with van der Waals surface area (Å²) in [6.07, 6.45) is 0.817. The standard InChI is InChI=1S/C20H25NO4S/c1-14(2)19(13-22)20(16-7-9-17(25-4)10-8-16)21-26(23,24)18-11-5-15(3)6-12-18/h5-14,19-21H,1-4H3/t19-,20-/m1/s1. The van der Waals surface area contributed by atoms with Crippen molar-refractivity contribution in [2.75, 3.05) is 7.11 Å². The zero-order valence-electron chi connectivity index (χ0n) is 15.5. The van der Waals surface area contributed by atoms with Crippen LogP contribution in [0.15, 0.2) is 53.4 Å². The number of nitrogens with one attached hydrogen (secondary N) is 1. The van der Waals surface area contributed by atoms with Gasteiger partial charge in [-0.2, -0.15) is 0 Å².